The van der Waals surface area contributed by atoms with Crippen LogP contribution in [-0.4, -0.2) is 242 Å². The number of hydrogen-bond acceptors (Lipinski definition) is 31. The Kier molecular flexibility index (Phi) is 51.5. The number of carboxylic acids is 1. The van der Waals surface area contributed by atoms with Gasteiger partial charge in [-0.15, -0.1) is 0 Å². The molecule has 134 heavy (non-hydrogen) atoms. The minimum Gasteiger partial charge on any atom is -0.507 e. The van der Waals surface area contributed by atoms with Crippen LogP contribution in [0.15, 0.2) is 87.0 Å². The van der Waals surface area contributed by atoms with E-state index in [0.717, 1.165) is 28.0 Å². The van der Waals surface area contributed by atoms with Crippen molar-refractivity contribution in [2.24, 2.45) is 0 Å². The normalized spacial score (nSPS) is 20.9. The molecule has 2 saturated heterocycles. The largest absolute Gasteiger partial charge is 0.507 e. The van der Waals surface area contributed by atoms with E-state index >= 15 is 0 Å². The van der Waals surface area contributed by atoms with Gasteiger partial charge in [0.15, 0.2) is 46.0 Å². The number of carbonyl (C=O) groups excluding carboxylic acids is 5. The van der Waals surface area contributed by atoms with Gasteiger partial charge in [0.2, 0.25) is 21.2 Å². The molecule has 13 rings (SSSR count). The summed E-state index contributed by atoms with van der Waals surface area (Å²) in [5, 5.41) is 94.0. The van der Waals surface area contributed by atoms with Gasteiger partial charge >= 0.3 is 36.3 Å². The molecule has 4 bridgehead atoms. The molecule has 0 aliphatic carbocycles. The van der Waals surface area contributed by atoms with Crippen molar-refractivity contribution in [1.82, 2.24) is 30.2 Å². The molecule has 2 fully saturated rings. The predicted octanol–water partition coefficient (Wildman–Crippen LogP) is 12.7. The maximum atomic E-state index is 14.2. The Balaban J connectivity index is 0.000000433. The number of phenolic OH excluding ortho intramolecular Hbond substituents is 2. The van der Waals surface area contributed by atoms with E-state index in [9.17, 15) is 64.8 Å². The van der Waals surface area contributed by atoms with Crippen LogP contribution < -0.4 is 53.3 Å². The number of thiol groups is 2. The van der Waals surface area contributed by atoms with Gasteiger partial charge in [0.1, 0.15) is 99.9 Å². The molecule has 48 heteroatoms. The number of amides is 4. The molecule has 5 aromatic rings. The molecule has 4 amide bonds. The fourth-order valence-electron chi connectivity index (χ4n) is 17.3. The number of aryl methyl sites for hydroxylation is 2. The van der Waals surface area contributed by atoms with Crippen LogP contribution in [0.4, 0.5) is 19.2 Å². The van der Waals surface area contributed by atoms with Gasteiger partial charge in [0.05, 0.1) is 88.4 Å². The molecule has 34 nitrogen and oxygen atoms in total. The Bertz CT molecular complexity index is 5150. The predicted molar refractivity (Wildman–Crippen MR) is 475 cm³/mol. The van der Waals surface area contributed by atoms with Crippen LogP contribution in [0.2, 0.25) is 0 Å². The molecule has 0 unspecified atom stereocenters. The first kappa shape index (κ1) is 124. The number of aliphatic hydroxyl groups is 3. The second-order valence-corrected chi connectivity index (χ2v) is 36.1. The van der Waals surface area contributed by atoms with E-state index in [0.29, 0.717) is 56.9 Å². The zero-order valence-corrected chi connectivity index (χ0v) is 83.5. The fraction of sp³-hybridized carbons (Fsp3) is 0.465. The van der Waals surface area contributed by atoms with Gasteiger partial charge < -0.3 is 108 Å². The number of piperazine rings is 2. The van der Waals surface area contributed by atoms with Crippen LogP contribution in [0.1, 0.15) is 128 Å². The average molecular weight is 2180 g/mol. The van der Waals surface area contributed by atoms with Crippen molar-refractivity contribution in [2.75, 3.05) is 99.3 Å². The van der Waals surface area contributed by atoms with E-state index in [2.05, 4.69) is 99.7 Å². The average Bonchev–Trinajstić information content (AvgIpc) is 0.947. The van der Waals surface area contributed by atoms with Crippen LogP contribution in [-0.2, 0) is 46.1 Å². The van der Waals surface area contributed by atoms with Crippen LogP contribution in [0.25, 0.3) is 0 Å². The molecule has 14 atom stereocenters. The summed E-state index contributed by atoms with van der Waals surface area (Å²) < 4.78 is 75.1. The van der Waals surface area contributed by atoms with Crippen molar-refractivity contribution >= 4 is 131 Å². The van der Waals surface area contributed by atoms with Crippen molar-refractivity contribution in [3.8, 4) is 75.4 Å². The second kappa shape index (κ2) is 55.7. The molecule has 5 aromatic carbocycles. The number of methoxy groups -OCH3 is 3. The molecule has 8 aliphatic heterocycles. The van der Waals surface area contributed by atoms with Gasteiger partial charge in [-0.25, -0.2) is 28.8 Å². The molecule has 0 radical (unpaired) electrons. The number of rotatable bonds is 25. The van der Waals surface area contributed by atoms with Crippen LogP contribution in [0.3, 0.4) is 0 Å². The Morgan fingerprint density at radius 1 is 0.552 bits per heavy atom. The summed E-state index contributed by atoms with van der Waals surface area (Å²) in [6, 6.07) is 3.97. The third kappa shape index (κ3) is 27.2. The number of phenols is 2. The van der Waals surface area contributed by atoms with Crippen LogP contribution >= 0.6 is 94.9 Å². The summed E-state index contributed by atoms with van der Waals surface area (Å²) in [7, 11) is 4.68. The number of aliphatic hydroxyl groups excluding tert-OH is 3. The summed E-state index contributed by atoms with van der Waals surface area (Å²) in [6.45, 7) is 23.7. The van der Waals surface area contributed by atoms with Gasteiger partial charge in [0, 0.05) is 282 Å². The molecular formula is C86H98Ar6Cl6N8O26S2. The van der Waals surface area contributed by atoms with Crippen molar-refractivity contribution in [3.05, 3.63) is 159 Å². The van der Waals surface area contributed by atoms with E-state index < -0.39 is 155 Å². The maximum absolute atomic E-state index is 14.2. The van der Waals surface area contributed by atoms with Crippen molar-refractivity contribution in [3.63, 3.8) is 0 Å². The first-order valence-electron chi connectivity index (χ1n) is 39.7. The number of ether oxygens (including phenoxy) is 14. The molecule has 0 saturated carbocycles. The van der Waals surface area contributed by atoms with Crippen LogP contribution in [0.5, 0.6) is 63.2 Å². The number of carboxylic acid groups (broad SMARTS) is 1. The Hall–Kier alpha value is -2.34. The number of halogens is 6. The number of aromatic hydroxyl groups is 2. The second-order valence-electron chi connectivity index (χ2n) is 30.3. The number of nitriles is 2. The maximum Gasteiger partial charge on any atom is 0.411 e. The zero-order chi connectivity index (χ0) is 94.0. The Morgan fingerprint density at radius 3 is 1.28 bits per heavy atom. The van der Waals surface area contributed by atoms with Gasteiger partial charge in [-0.2, -0.15) is 35.8 Å². The van der Waals surface area contributed by atoms with E-state index in [1.54, 1.807) is 42.9 Å². The topological polar surface area (TPSA) is 438 Å². The van der Waals surface area contributed by atoms with Crippen molar-refractivity contribution < 1.29 is 352 Å². The van der Waals surface area contributed by atoms with E-state index in [4.69, 9.17) is 136 Å². The molecule has 0 spiro atoms. The molecule has 8 heterocycles. The third-order valence-corrected chi connectivity index (χ3v) is 23.8. The number of carbonyl (C=O) groups is 6. The van der Waals surface area contributed by atoms with E-state index in [-0.39, 0.29) is 342 Å². The number of fused-ring (bicyclic) bond motifs is 18. The Labute approximate surface area is 995 Å². The van der Waals surface area contributed by atoms with E-state index in [1.165, 1.54) is 41.7 Å². The van der Waals surface area contributed by atoms with Gasteiger partial charge in [-0.1, -0.05) is 158 Å². The number of aliphatic carboxylic acids is 1. The SMILES string of the molecule is C=CCOC(=O)N1[C@@H]2c3c(cc(C)c(OC)c3OCC=C)C[C@H]1[C@H](C#N)N1[C@H]2[C@@H](O)c2c(O)c(C)c3c(c2[C@@H]1CO)OCO3.C=CCOC(=O)N1[C@@H]2c3c(cc(C)c(OC)c3OCC=C)C[C@H]1[C@H](C#N)N1[C@H]2[C@@H](O)c2c(O)c(C)c3c(c2[C@@H]1COC(=O)[C@@H](CS)NC(=O)OCC(Cl)(Cl)Cl)OCO3.COc1ccc(C(C)C)cc1.O=C(N[C@@H](CS)C(=O)O)OCC(Cl)(Cl)Cl.[Ar].[Ar].[Ar].[Ar].[Ar].[Ar]. The minimum absolute atomic E-state index is 0. The number of esters is 1. The minimum atomic E-state index is -1.91. The number of alkyl halides is 6. The van der Waals surface area contributed by atoms with Crippen LogP contribution in [0, 0.1) is 277 Å². The van der Waals surface area contributed by atoms with E-state index in [1.807, 2.05) is 43.4 Å². The number of nitrogens with one attached hydrogen (secondary N) is 2. The Morgan fingerprint density at radius 2 is 0.933 bits per heavy atom. The van der Waals surface area contributed by atoms with Crippen molar-refractivity contribution in [1.29, 1.82) is 10.5 Å². The number of benzene rings is 5. The van der Waals surface area contributed by atoms with Gasteiger partial charge in [-0.3, -0.25) is 19.6 Å². The number of hydrogen-bond donors (Lipinski definition) is 10. The number of nitrogens with zero attached hydrogens (tertiary/aromatic N) is 6. The molecular weight excluding hydrogens is 2080 g/mol. The first-order chi connectivity index (χ1) is 60.9. The fourth-order valence-corrected chi connectivity index (χ4v) is 18.1. The monoisotopic (exact) mass is 2170 g/mol. The summed E-state index contributed by atoms with van der Waals surface area (Å²) in [5.41, 5.74) is 6.73. The molecule has 8 N–H and O–H groups in total. The van der Waals surface area contributed by atoms with Gasteiger partial charge in [-0.05, 0) is 86.4 Å². The summed E-state index contributed by atoms with van der Waals surface area (Å²) in [4.78, 5) is 82.0. The molecule has 8 aliphatic rings. The zero-order valence-electron chi connectivity index (χ0n) is 73.0. The smallest absolute Gasteiger partial charge is 0.411 e. The summed E-state index contributed by atoms with van der Waals surface area (Å²) >= 11 is 40.9. The standard InChI is InChI=1S/C38H41Cl3N4O12S.C32H35N3O9.C10H14O.C6H8Cl3NO4S.6Ar/c1-6-8-52-33-24-19(10-17(3)31(33)51-5)11-21-22(12-42)44-23(13-54-35(48)20(14-58)43-36(49)55-15-38(39,40)41)25-26(29(46)18(4)32-34(25)57-16-56-32)30(47)28(44)27(24)45(21)37(50)53-9-7-2;1-6-8-41-30-21-17(10-15(3)28(30)40-5)11-18-19(12-33)34-20(13-36)22-23(26(37)16(4)29-31(22)44-14-43-29)27(38)25(34)24(21)35(18)32(39)42-9-7-2;1-8(2)9-4-6-10(11-3)7-5-9;7-6(8,9)2-14-5(13)10-3(1-15)4(11)12;;;;;;/h6-7,10,20-23,27-28,30,46-47,58H,1-2,8-9,11,13-16H2,3-5H3,(H,43,49);6-7,10,18-20,24-25,27,36-38H,1-2,8-9,11,13-14H2,3-5H3;4-8H,1-3H3;3,15H,1-2H2,(H,10,13)(H,11,12);;;;;;/t20-,21+,22+,23+,27-,28-,30+;18-,19-,20-,24+,25+,27-;;3-;;;;;;/m10.0....../s1. The van der Waals surface area contributed by atoms with Gasteiger partial charge in [0.25, 0.3) is 0 Å². The first-order valence-corrected chi connectivity index (χ1v) is 43.3. The summed E-state index contributed by atoms with van der Waals surface area (Å²) in [5.74, 6) is 0.891. The number of alkyl carbamates (subject to hydrolysis) is 2. The molecule has 740 valence electrons. The third-order valence-electron chi connectivity index (χ3n) is 22.4. The molecule has 0 aromatic heterocycles. The quantitative estimate of drug-likeness (QED) is 0.00853. The van der Waals surface area contributed by atoms with Crippen molar-refractivity contribution in [2.45, 2.75) is 153 Å². The summed E-state index contributed by atoms with van der Waals surface area (Å²) in [6.07, 6.45) is -0.303.